The lowest BCUT2D eigenvalue weighted by atomic mass is 10.1. The largest absolute Gasteiger partial charge is 0.377 e. The van der Waals surface area contributed by atoms with Crippen LogP contribution in [0.15, 0.2) is 41.8 Å². The standard InChI is InChI=1S/C24H31N5O5S/c25-9-10-26-23(30)21-13-19(15-28(21)24(31)22-4-2-12-35-22)27(16-20-3-1-11-34-20)14-17-5-7-18(8-6-17)29(32)33/h2,4-8,12,19-21H,1,3,9-11,13-16,25H2,(H,26,30). The summed E-state index contributed by atoms with van der Waals surface area (Å²) in [5.74, 6) is -0.349. The lowest BCUT2D eigenvalue weighted by molar-refractivity contribution is -0.384. The molecule has 0 bridgehead atoms. The maximum atomic E-state index is 13.3. The van der Waals surface area contributed by atoms with E-state index in [-0.39, 0.29) is 29.6 Å². The molecule has 188 valence electrons. The number of non-ortho nitro benzene ring substituents is 1. The van der Waals surface area contributed by atoms with Crippen molar-refractivity contribution in [1.29, 1.82) is 0 Å². The van der Waals surface area contributed by atoms with Crippen LogP contribution >= 0.6 is 11.3 Å². The summed E-state index contributed by atoms with van der Waals surface area (Å²) >= 11 is 1.36. The van der Waals surface area contributed by atoms with E-state index in [0.29, 0.717) is 44.0 Å². The highest BCUT2D eigenvalue weighted by Crippen LogP contribution is 2.28. The Labute approximate surface area is 208 Å². The van der Waals surface area contributed by atoms with Gasteiger partial charge in [-0.1, -0.05) is 18.2 Å². The number of nitrogens with one attached hydrogen (secondary N) is 1. The van der Waals surface area contributed by atoms with Crippen molar-refractivity contribution in [3.63, 3.8) is 0 Å². The van der Waals surface area contributed by atoms with Crippen molar-refractivity contribution >= 4 is 28.8 Å². The molecule has 0 radical (unpaired) electrons. The van der Waals surface area contributed by atoms with Crippen LogP contribution in [0.1, 0.15) is 34.5 Å². The van der Waals surface area contributed by atoms with Crippen molar-refractivity contribution in [1.82, 2.24) is 15.1 Å². The van der Waals surface area contributed by atoms with Gasteiger partial charge in [-0.05, 0) is 36.3 Å². The summed E-state index contributed by atoms with van der Waals surface area (Å²) in [5.41, 5.74) is 6.55. The van der Waals surface area contributed by atoms with Gasteiger partial charge in [0.05, 0.1) is 15.9 Å². The van der Waals surface area contributed by atoms with E-state index >= 15 is 0 Å². The van der Waals surface area contributed by atoms with Crippen molar-refractivity contribution in [2.75, 3.05) is 32.8 Å². The maximum Gasteiger partial charge on any atom is 0.269 e. The quantitative estimate of drug-likeness (QED) is 0.376. The molecule has 35 heavy (non-hydrogen) atoms. The first-order valence-corrected chi connectivity index (χ1v) is 12.8. The number of ether oxygens (including phenoxy) is 1. The Kier molecular flexibility index (Phi) is 8.45. The molecule has 0 aliphatic carbocycles. The van der Waals surface area contributed by atoms with Gasteiger partial charge in [-0.2, -0.15) is 0 Å². The zero-order valence-electron chi connectivity index (χ0n) is 19.5. The monoisotopic (exact) mass is 501 g/mol. The van der Waals surface area contributed by atoms with Crippen LogP contribution in [-0.4, -0.2) is 77.5 Å². The Morgan fingerprint density at radius 2 is 2.09 bits per heavy atom. The minimum absolute atomic E-state index is 0.0460. The van der Waals surface area contributed by atoms with Gasteiger partial charge in [0.25, 0.3) is 11.6 Å². The van der Waals surface area contributed by atoms with Crippen molar-refractivity contribution in [3.8, 4) is 0 Å². The first kappa shape index (κ1) is 25.2. The molecule has 1 aromatic carbocycles. The number of likely N-dealkylation sites (tertiary alicyclic amines) is 1. The second kappa shape index (κ2) is 11.7. The molecule has 3 heterocycles. The van der Waals surface area contributed by atoms with Gasteiger partial charge >= 0.3 is 0 Å². The van der Waals surface area contributed by atoms with E-state index in [0.717, 1.165) is 25.0 Å². The number of nitro groups is 1. The van der Waals surface area contributed by atoms with Crippen molar-refractivity contribution in [3.05, 3.63) is 62.3 Å². The fraction of sp³-hybridized carbons (Fsp3) is 0.500. The number of hydrogen-bond donors (Lipinski definition) is 2. The van der Waals surface area contributed by atoms with Crippen LogP contribution in [0.4, 0.5) is 5.69 Å². The number of carbonyl (C=O) groups is 2. The van der Waals surface area contributed by atoms with E-state index in [4.69, 9.17) is 10.5 Å². The number of nitrogens with two attached hydrogens (primary N) is 1. The topological polar surface area (TPSA) is 131 Å². The van der Waals surface area contributed by atoms with E-state index in [1.165, 1.54) is 23.5 Å². The second-order valence-corrected chi connectivity index (χ2v) is 9.86. The highest BCUT2D eigenvalue weighted by Gasteiger charge is 2.42. The average Bonchev–Trinajstić information content (AvgIpc) is 3.64. The van der Waals surface area contributed by atoms with Gasteiger partial charge in [-0.15, -0.1) is 11.3 Å². The minimum Gasteiger partial charge on any atom is -0.377 e. The first-order chi connectivity index (χ1) is 17.0. The van der Waals surface area contributed by atoms with Gasteiger partial charge in [-0.25, -0.2) is 0 Å². The summed E-state index contributed by atoms with van der Waals surface area (Å²) < 4.78 is 5.89. The molecule has 2 fully saturated rings. The Morgan fingerprint density at radius 1 is 1.29 bits per heavy atom. The smallest absolute Gasteiger partial charge is 0.269 e. The number of nitrogens with zero attached hydrogens (tertiary/aromatic N) is 3. The van der Waals surface area contributed by atoms with Crippen molar-refractivity contribution in [2.45, 2.75) is 44.0 Å². The number of nitro benzene ring substituents is 1. The molecular formula is C24H31N5O5S. The highest BCUT2D eigenvalue weighted by atomic mass is 32.1. The van der Waals surface area contributed by atoms with Crippen LogP contribution in [0.2, 0.25) is 0 Å². The maximum absolute atomic E-state index is 13.3. The molecular weight excluding hydrogens is 470 g/mol. The minimum atomic E-state index is -0.593. The molecule has 0 saturated carbocycles. The molecule has 2 aromatic rings. The summed E-state index contributed by atoms with van der Waals surface area (Å²) in [6.07, 6.45) is 2.54. The molecule has 2 saturated heterocycles. The Balaban J connectivity index is 1.56. The van der Waals surface area contributed by atoms with Crippen LogP contribution < -0.4 is 11.1 Å². The van der Waals surface area contributed by atoms with Crippen LogP contribution in [0, 0.1) is 10.1 Å². The Hall–Kier alpha value is -2.86. The van der Waals surface area contributed by atoms with Crippen LogP contribution in [0.25, 0.3) is 0 Å². The molecule has 2 amide bonds. The second-order valence-electron chi connectivity index (χ2n) is 8.91. The molecule has 2 aliphatic rings. The number of thiophene rings is 1. The van der Waals surface area contributed by atoms with Gasteiger partial charge in [0.2, 0.25) is 5.91 Å². The zero-order valence-corrected chi connectivity index (χ0v) is 20.3. The predicted molar refractivity (Wildman–Crippen MR) is 132 cm³/mol. The summed E-state index contributed by atoms with van der Waals surface area (Å²) in [6, 6.07) is 9.47. The Morgan fingerprint density at radius 3 is 2.71 bits per heavy atom. The fourth-order valence-corrected chi connectivity index (χ4v) is 5.44. The van der Waals surface area contributed by atoms with Crippen LogP contribution in [0.5, 0.6) is 0 Å². The third-order valence-electron chi connectivity index (χ3n) is 6.53. The molecule has 3 unspecified atom stereocenters. The van der Waals surface area contributed by atoms with Gasteiger partial charge in [0.1, 0.15) is 6.04 Å². The third kappa shape index (κ3) is 6.23. The van der Waals surface area contributed by atoms with E-state index < -0.39 is 11.0 Å². The number of rotatable bonds is 10. The number of hydrogen-bond acceptors (Lipinski definition) is 8. The normalized spacial score (nSPS) is 22.0. The third-order valence-corrected chi connectivity index (χ3v) is 7.39. The van der Waals surface area contributed by atoms with Gasteiger partial charge in [0.15, 0.2) is 0 Å². The van der Waals surface area contributed by atoms with Gasteiger partial charge in [0, 0.05) is 57.5 Å². The number of amides is 2. The lowest BCUT2D eigenvalue weighted by Gasteiger charge is -2.31. The van der Waals surface area contributed by atoms with E-state index in [2.05, 4.69) is 10.2 Å². The van der Waals surface area contributed by atoms with E-state index in [1.54, 1.807) is 23.1 Å². The van der Waals surface area contributed by atoms with E-state index in [9.17, 15) is 19.7 Å². The SMILES string of the molecule is NCCNC(=O)C1CC(N(Cc2ccc([N+](=O)[O-])cc2)CC2CCCO2)CN1C(=O)c1cccs1. The summed E-state index contributed by atoms with van der Waals surface area (Å²) in [5, 5.41) is 15.7. The first-order valence-electron chi connectivity index (χ1n) is 11.9. The highest BCUT2D eigenvalue weighted by molar-refractivity contribution is 7.12. The molecule has 4 rings (SSSR count). The zero-order chi connectivity index (χ0) is 24.8. The molecule has 0 spiro atoms. The van der Waals surface area contributed by atoms with Crippen LogP contribution in [0.3, 0.4) is 0 Å². The average molecular weight is 502 g/mol. The van der Waals surface area contributed by atoms with Gasteiger partial charge in [-0.3, -0.25) is 24.6 Å². The number of carbonyl (C=O) groups excluding carboxylic acids is 2. The van der Waals surface area contributed by atoms with Gasteiger partial charge < -0.3 is 20.7 Å². The van der Waals surface area contributed by atoms with Crippen LogP contribution in [-0.2, 0) is 16.1 Å². The predicted octanol–water partition coefficient (Wildman–Crippen LogP) is 2.00. The summed E-state index contributed by atoms with van der Waals surface area (Å²) in [4.78, 5) is 41.4. The lowest BCUT2D eigenvalue weighted by Crippen LogP contribution is -2.46. The fourth-order valence-electron chi connectivity index (χ4n) is 4.76. The molecule has 3 atom stereocenters. The Bertz CT molecular complexity index is 1010. The van der Waals surface area contributed by atoms with Crippen molar-refractivity contribution in [2.24, 2.45) is 5.73 Å². The van der Waals surface area contributed by atoms with E-state index in [1.807, 2.05) is 11.4 Å². The van der Waals surface area contributed by atoms with Crippen molar-refractivity contribution < 1.29 is 19.2 Å². The molecule has 10 nitrogen and oxygen atoms in total. The molecule has 11 heteroatoms. The molecule has 2 aliphatic heterocycles. The number of benzene rings is 1. The summed E-state index contributed by atoms with van der Waals surface area (Å²) in [7, 11) is 0. The molecule has 3 N–H and O–H groups in total. The summed E-state index contributed by atoms with van der Waals surface area (Å²) in [6.45, 7) is 3.03. The molecule has 1 aromatic heterocycles.